The second kappa shape index (κ2) is 14.2. The van der Waals surface area contributed by atoms with E-state index in [0.29, 0.717) is 5.92 Å². The first-order valence-electron chi connectivity index (χ1n) is 10.4. The van der Waals surface area contributed by atoms with Gasteiger partial charge in [-0.25, -0.2) is 4.79 Å². The summed E-state index contributed by atoms with van der Waals surface area (Å²) in [4.78, 5) is 12.0. The van der Waals surface area contributed by atoms with E-state index in [2.05, 4.69) is 56.8 Å². The first-order chi connectivity index (χ1) is 12.0. The molecule has 0 saturated carbocycles. The number of benzene rings is 1. The van der Waals surface area contributed by atoms with Crippen LogP contribution in [-0.4, -0.2) is 5.91 Å². The smallest absolute Gasteiger partial charge is 0.314 e. The van der Waals surface area contributed by atoms with Gasteiger partial charge < -0.3 is 12.4 Å². The molecule has 0 aliphatic carbocycles. The van der Waals surface area contributed by atoms with Crippen LogP contribution >= 0.6 is 0 Å². The lowest BCUT2D eigenvalue weighted by molar-refractivity contribution is -0.320. The van der Waals surface area contributed by atoms with Gasteiger partial charge in [0.15, 0.2) is 0 Å². The molecule has 1 amide bonds. The molecule has 1 unspecified atom stereocenters. The summed E-state index contributed by atoms with van der Waals surface area (Å²) in [5.41, 5.74) is 4.72. The number of unbranched alkanes of at least 4 members (excludes halogenated alkanes) is 8. The lowest BCUT2D eigenvalue weighted by atomic mass is 9.72. The highest BCUT2D eigenvalue weighted by Gasteiger charge is 2.37. The van der Waals surface area contributed by atoms with Crippen LogP contribution in [0.1, 0.15) is 90.5 Å². The fourth-order valence-corrected chi connectivity index (χ4v) is 3.55. The van der Waals surface area contributed by atoms with Gasteiger partial charge in [0.1, 0.15) is 0 Å². The third kappa shape index (κ3) is 9.73. The molecule has 0 saturated heterocycles. The molecule has 0 fully saturated rings. The van der Waals surface area contributed by atoms with E-state index in [9.17, 15) is 4.79 Å². The maximum Gasteiger partial charge on any atom is 0.314 e. The van der Waals surface area contributed by atoms with Crippen LogP contribution in [0.4, 0.5) is 0 Å². The first kappa shape index (κ1) is 25.1. The van der Waals surface area contributed by atoms with Crippen LogP contribution in [0.25, 0.3) is 0 Å². The Morgan fingerprint density at radius 3 is 1.92 bits per heavy atom. The first-order valence-corrected chi connectivity index (χ1v) is 10.4. The molecule has 1 rings (SSSR count). The van der Waals surface area contributed by atoms with Gasteiger partial charge in [-0.05, 0) is 38.2 Å². The summed E-state index contributed by atoms with van der Waals surface area (Å²) in [6.07, 6.45) is 14.2. The maximum absolute atomic E-state index is 12.0. The van der Waals surface area contributed by atoms with Crippen molar-refractivity contribution in [2.24, 2.45) is 11.3 Å². The van der Waals surface area contributed by atoms with Crippen molar-refractivity contribution < 1.29 is 22.9 Å². The van der Waals surface area contributed by atoms with E-state index >= 15 is 0 Å². The predicted octanol–water partition coefficient (Wildman–Crippen LogP) is 2.56. The van der Waals surface area contributed by atoms with Gasteiger partial charge in [0.05, 0.1) is 5.41 Å². The predicted molar refractivity (Wildman–Crippen MR) is 107 cm³/mol. The number of amides is 1. The summed E-state index contributed by atoms with van der Waals surface area (Å²) in [5.74, 6) is 0.453. The molecule has 0 heterocycles. The van der Waals surface area contributed by atoms with Crippen LogP contribution in [0, 0.1) is 11.3 Å². The Morgan fingerprint density at radius 1 is 0.923 bits per heavy atom. The van der Waals surface area contributed by atoms with Crippen molar-refractivity contribution in [3.8, 4) is 0 Å². The molecule has 0 aliphatic heterocycles. The van der Waals surface area contributed by atoms with Gasteiger partial charge in [0, 0.05) is 0 Å². The summed E-state index contributed by atoms with van der Waals surface area (Å²) in [6.45, 7) is 6.41. The van der Waals surface area contributed by atoms with Crippen LogP contribution in [-0.2, 0) is 11.2 Å². The largest absolute Gasteiger partial charge is 1.00 e. The quantitative estimate of drug-likeness (QED) is 0.494. The highest BCUT2D eigenvalue weighted by Crippen LogP contribution is 2.33. The third-order valence-corrected chi connectivity index (χ3v) is 5.72. The molecule has 0 aromatic heterocycles. The van der Waals surface area contributed by atoms with Gasteiger partial charge in [0.2, 0.25) is 0 Å². The molecule has 3 N–H and O–H groups in total. The minimum absolute atomic E-state index is 0. The highest BCUT2D eigenvalue weighted by atomic mass is 35.5. The summed E-state index contributed by atoms with van der Waals surface area (Å²) in [6, 6.07) is 10.6. The number of hydrogen-bond donors (Lipinski definition) is 1. The molecule has 0 aliphatic rings. The minimum Gasteiger partial charge on any atom is -1.00 e. The molecule has 150 valence electrons. The van der Waals surface area contributed by atoms with Crippen molar-refractivity contribution in [3.63, 3.8) is 0 Å². The topological polar surface area (TPSA) is 44.7 Å². The molecular weight excluding hydrogens is 342 g/mol. The standard InChI is InChI=1S/C23H39NO.ClH/c1-4-5-6-7-8-9-10-11-15-18-21(23(2,3)22(24)25)19-20-16-13-12-14-17-20;/h12-14,16-17,21H,4-11,15,18-19H2,1-3H3,(H2,24,25);1H. The Labute approximate surface area is 167 Å². The molecular formula is C23H40ClNO. The Balaban J connectivity index is 0.00000625. The number of rotatable bonds is 14. The molecule has 26 heavy (non-hydrogen) atoms. The van der Waals surface area contributed by atoms with E-state index in [0.717, 1.165) is 12.8 Å². The number of quaternary nitrogens is 1. The molecule has 0 radical (unpaired) electrons. The van der Waals surface area contributed by atoms with E-state index < -0.39 is 0 Å². The number of carbonyl (C=O) groups excluding carboxylic acids is 1. The molecule has 0 bridgehead atoms. The zero-order chi connectivity index (χ0) is 18.5. The molecule has 1 atom stereocenters. The fraction of sp³-hybridized carbons (Fsp3) is 0.696. The van der Waals surface area contributed by atoms with Crippen molar-refractivity contribution in [1.82, 2.24) is 0 Å². The monoisotopic (exact) mass is 381 g/mol. The zero-order valence-electron chi connectivity index (χ0n) is 17.2. The van der Waals surface area contributed by atoms with Crippen LogP contribution in [0.15, 0.2) is 30.3 Å². The SMILES string of the molecule is CCCCCCCCCCCC(Cc1ccccc1)C(C)(C)C([NH3+])=O.[Cl-]. The number of carbonyl (C=O) groups is 1. The Kier molecular flexibility index (Phi) is 13.8. The highest BCUT2D eigenvalue weighted by molar-refractivity contribution is 5.71. The molecule has 1 aromatic rings. The van der Waals surface area contributed by atoms with Crippen molar-refractivity contribution in [2.45, 2.75) is 91.4 Å². The van der Waals surface area contributed by atoms with Gasteiger partial charge in [-0.15, -0.1) is 0 Å². The summed E-state index contributed by atoms with van der Waals surface area (Å²) < 4.78 is 0. The Bertz CT molecular complexity index is 472. The molecule has 3 heteroatoms. The van der Waals surface area contributed by atoms with Crippen molar-refractivity contribution >= 4 is 5.91 Å². The average Bonchev–Trinajstić information content (AvgIpc) is 2.60. The summed E-state index contributed by atoms with van der Waals surface area (Å²) >= 11 is 0. The van der Waals surface area contributed by atoms with Gasteiger partial charge in [-0.1, -0.05) is 95.0 Å². The van der Waals surface area contributed by atoms with Crippen LogP contribution in [0.3, 0.4) is 0 Å². The van der Waals surface area contributed by atoms with Crippen molar-refractivity contribution in [2.75, 3.05) is 0 Å². The summed E-state index contributed by atoms with van der Waals surface area (Å²) in [7, 11) is 0. The van der Waals surface area contributed by atoms with Crippen LogP contribution in [0.5, 0.6) is 0 Å². The second-order valence-electron chi connectivity index (χ2n) is 8.15. The van der Waals surface area contributed by atoms with Gasteiger partial charge in [0.25, 0.3) is 0 Å². The fourth-order valence-electron chi connectivity index (χ4n) is 3.55. The van der Waals surface area contributed by atoms with Gasteiger partial charge in [-0.3, -0.25) is 5.73 Å². The molecule has 0 spiro atoms. The van der Waals surface area contributed by atoms with E-state index in [1.807, 2.05) is 0 Å². The molecule has 2 nitrogen and oxygen atoms in total. The van der Waals surface area contributed by atoms with E-state index in [1.54, 1.807) is 0 Å². The number of halogens is 1. The molecule has 1 aromatic carbocycles. The third-order valence-electron chi connectivity index (χ3n) is 5.72. The maximum atomic E-state index is 12.0. The van der Waals surface area contributed by atoms with Gasteiger partial charge >= 0.3 is 5.91 Å². The average molecular weight is 382 g/mol. The van der Waals surface area contributed by atoms with Crippen molar-refractivity contribution in [3.05, 3.63) is 35.9 Å². The second-order valence-corrected chi connectivity index (χ2v) is 8.15. The minimum atomic E-state index is -0.337. The van der Waals surface area contributed by atoms with Crippen LogP contribution < -0.4 is 18.1 Å². The lowest BCUT2D eigenvalue weighted by Crippen LogP contribution is -3.00. The van der Waals surface area contributed by atoms with Crippen LogP contribution in [0.2, 0.25) is 0 Å². The lowest BCUT2D eigenvalue weighted by Gasteiger charge is -2.30. The van der Waals surface area contributed by atoms with E-state index in [4.69, 9.17) is 0 Å². The Hall–Kier alpha value is -0.860. The number of hydrogen-bond acceptors (Lipinski definition) is 1. The Morgan fingerprint density at radius 2 is 1.42 bits per heavy atom. The van der Waals surface area contributed by atoms with E-state index in [1.165, 1.54) is 63.4 Å². The zero-order valence-corrected chi connectivity index (χ0v) is 18.0. The van der Waals surface area contributed by atoms with Crippen molar-refractivity contribution in [1.29, 1.82) is 0 Å². The van der Waals surface area contributed by atoms with Gasteiger partial charge in [-0.2, -0.15) is 0 Å². The van der Waals surface area contributed by atoms with E-state index in [-0.39, 0.29) is 23.7 Å². The normalized spacial score (nSPS) is 12.5. The summed E-state index contributed by atoms with van der Waals surface area (Å²) in [5, 5.41) is 0.